The van der Waals surface area contributed by atoms with Crippen molar-refractivity contribution in [3.05, 3.63) is 88.9 Å². The zero-order chi connectivity index (χ0) is 19.5. The number of halogens is 1. The highest BCUT2D eigenvalue weighted by Crippen LogP contribution is 2.35. The number of aromatic hydroxyl groups is 2. The second-order valence-corrected chi connectivity index (χ2v) is 6.69. The number of hydrogen-bond donors (Lipinski definition) is 2. The third-order valence-corrected chi connectivity index (χ3v) is 4.56. The molecular formula is C23H16ClNO3. The summed E-state index contributed by atoms with van der Waals surface area (Å²) in [5.41, 5.74) is 4.06. The Morgan fingerprint density at radius 3 is 1.89 bits per heavy atom. The van der Waals surface area contributed by atoms with Gasteiger partial charge in [-0.3, -0.25) is 0 Å². The van der Waals surface area contributed by atoms with E-state index < -0.39 is 0 Å². The maximum absolute atomic E-state index is 9.56. The van der Waals surface area contributed by atoms with Gasteiger partial charge in [0.25, 0.3) is 0 Å². The van der Waals surface area contributed by atoms with Crippen molar-refractivity contribution in [3.63, 3.8) is 0 Å². The highest BCUT2D eigenvalue weighted by molar-refractivity contribution is 6.30. The van der Waals surface area contributed by atoms with Crippen molar-refractivity contribution in [2.75, 3.05) is 0 Å². The first kappa shape index (κ1) is 17.9. The normalized spacial score (nSPS) is 11.2. The smallest absolute Gasteiger partial charge is 0.174 e. The van der Waals surface area contributed by atoms with Crippen LogP contribution in [-0.4, -0.2) is 15.4 Å². The summed E-state index contributed by atoms with van der Waals surface area (Å²) in [5, 5.41) is 24.1. The van der Waals surface area contributed by atoms with Crippen LogP contribution in [0.25, 0.3) is 34.7 Å². The van der Waals surface area contributed by atoms with Gasteiger partial charge in [-0.2, -0.15) is 0 Å². The third kappa shape index (κ3) is 3.77. The Bertz CT molecular complexity index is 1050. The number of nitrogens with zero attached hydrogens (tertiary/aromatic N) is 1. The lowest BCUT2D eigenvalue weighted by Gasteiger charge is -2.02. The van der Waals surface area contributed by atoms with Gasteiger partial charge in [-0.15, -0.1) is 0 Å². The molecule has 0 aliphatic heterocycles. The average molecular weight is 390 g/mol. The predicted octanol–water partition coefficient (Wildman–Crippen LogP) is 6.24. The summed E-state index contributed by atoms with van der Waals surface area (Å²) in [5.74, 6) is 0.956. The summed E-state index contributed by atoms with van der Waals surface area (Å²) in [4.78, 5) is 0. The Balaban J connectivity index is 1.81. The van der Waals surface area contributed by atoms with Crippen LogP contribution < -0.4 is 0 Å². The number of rotatable bonds is 4. The van der Waals surface area contributed by atoms with Crippen LogP contribution in [0.4, 0.5) is 0 Å². The number of hydrogen-bond acceptors (Lipinski definition) is 4. The monoisotopic (exact) mass is 389 g/mol. The Morgan fingerprint density at radius 2 is 1.29 bits per heavy atom. The molecule has 28 heavy (non-hydrogen) atoms. The van der Waals surface area contributed by atoms with Gasteiger partial charge in [-0.25, -0.2) is 0 Å². The molecule has 0 atom stereocenters. The first-order valence-corrected chi connectivity index (χ1v) is 9.00. The molecule has 0 spiro atoms. The van der Waals surface area contributed by atoms with Crippen molar-refractivity contribution < 1.29 is 14.7 Å². The van der Waals surface area contributed by atoms with Crippen LogP contribution in [0.1, 0.15) is 11.1 Å². The second kappa shape index (κ2) is 7.62. The second-order valence-electron chi connectivity index (χ2n) is 6.25. The summed E-state index contributed by atoms with van der Waals surface area (Å²) >= 11 is 5.96. The van der Waals surface area contributed by atoms with Gasteiger partial charge in [0, 0.05) is 16.1 Å². The van der Waals surface area contributed by atoms with Gasteiger partial charge in [0.2, 0.25) is 0 Å². The van der Waals surface area contributed by atoms with Gasteiger partial charge >= 0.3 is 0 Å². The van der Waals surface area contributed by atoms with Gasteiger partial charge in [-0.05, 0) is 72.3 Å². The minimum atomic E-state index is 0.181. The predicted molar refractivity (Wildman–Crippen MR) is 111 cm³/mol. The molecule has 0 radical (unpaired) electrons. The molecule has 2 N–H and O–H groups in total. The van der Waals surface area contributed by atoms with Crippen LogP contribution in [0, 0.1) is 0 Å². The van der Waals surface area contributed by atoms with Gasteiger partial charge < -0.3 is 14.7 Å². The van der Waals surface area contributed by atoms with Crippen molar-refractivity contribution in [1.29, 1.82) is 0 Å². The van der Waals surface area contributed by atoms with E-state index in [1.54, 1.807) is 48.5 Å². The topological polar surface area (TPSA) is 66.5 Å². The largest absolute Gasteiger partial charge is 0.508 e. The molecule has 1 heterocycles. The Hall–Kier alpha value is -3.50. The molecule has 3 aromatic carbocycles. The third-order valence-electron chi connectivity index (χ3n) is 4.31. The maximum atomic E-state index is 9.56. The van der Waals surface area contributed by atoms with E-state index in [2.05, 4.69) is 5.16 Å². The number of benzene rings is 3. The van der Waals surface area contributed by atoms with E-state index in [0.717, 1.165) is 22.3 Å². The molecule has 0 fully saturated rings. The van der Waals surface area contributed by atoms with Crippen molar-refractivity contribution in [1.82, 2.24) is 5.16 Å². The van der Waals surface area contributed by atoms with Crippen LogP contribution in [0.15, 0.2) is 77.3 Å². The minimum absolute atomic E-state index is 0.181. The maximum Gasteiger partial charge on any atom is 0.174 e. The molecule has 0 bridgehead atoms. The number of phenols is 2. The van der Waals surface area contributed by atoms with E-state index >= 15 is 0 Å². The van der Waals surface area contributed by atoms with Crippen molar-refractivity contribution in [2.24, 2.45) is 0 Å². The van der Waals surface area contributed by atoms with E-state index in [-0.39, 0.29) is 11.5 Å². The summed E-state index contributed by atoms with van der Waals surface area (Å²) in [7, 11) is 0. The molecule has 0 saturated carbocycles. The van der Waals surface area contributed by atoms with Gasteiger partial charge in [-0.1, -0.05) is 35.0 Å². The Morgan fingerprint density at radius 1 is 0.714 bits per heavy atom. The SMILES string of the molecule is Oc1ccc(-c2noc(-c3ccc(O)cc3)c2/C=C/c2ccc(Cl)cc2)cc1. The zero-order valence-electron chi connectivity index (χ0n) is 14.7. The molecule has 5 heteroatoms. The Labute approximate surface area is 167 Å². The summed E-state index contributed by atoms with van der Waals surface area (Å²) in [6, 6.07) is 21.0. The molecular weight excluding hydrogens is 374 g/mol. The molecule has 0 amide bonds. The molecule has 4 nitrogen and oxygen atoms in total. The summed E-state index contributed by atoms with van der Waals surface area (Å²) < 4.78 is 5.65. The van der Waals surface area contributed by atoms with E-state index in [1.165, 1.54) is 0 Å². The fourth-order valence-corrected chi connectivity index (χ4v) is 2.98. The molecule has 0 saturated heterocycles. The van der Waals surface area contributed by atoms with Crippen LogP contribution in [0.5, 0.6) is 11.5 Å². The highest BCUT2D eigenvalue weighted by Gasteiger charge is 2.17. The quantitative estimate of drug-likeness (QED) is 0.433. The molecule has 0 unspecified atom stereocenters. The first-order chi connectivity index (χ1) is 13.6. The van der Waals surface area contributed by atoms with Gasteiger partial charge in [0.15, 0.2) is 5.76 Å². The van der Waals surface area contributed by atoms with E-state index in [1.807, 2.05) is 36.4 Å². The molecule has 1 aromatic heterocycles. The van der Waals surface area contributed by atoms with Crippen molar-refractivity contribution in [2.45, 2.75) is 0 Å². The number of phenolic OH excluding ortho intramolecular Hbond substituents is 2. The van der Waals surface area contributed by atoms with Gasteiger partial charge in [0.05, 0.1) is 5.56 Å². The zero-order valence-corrected chi connectivity index (χ0v) is 15.5. The van der Waals surface area contributed by atoms with E-state index in [4.69, 9.17) is 16.1 Å². The summed E-state index contributed by atoms with van der Waals surface area (Å²) in [6.07, 6.45) is 3.89. The van der Waals surface area contributed by atoms with Gasteiger partial charge in [0.1, 0.15) is 17.2 Å². The van der Waals surface area contributed by atoms with Crippen LogP contribution in [-0.2, 0) is 0 Å². The highest BCUT2D eigenvalue weighted by atomic mass is 35.5. The average Bonchev–Trinajstić information content (AvgIpc) is 3.12. The fraction of sp³-hybridized carbons (Fsp3) is 0. The molecule has 4 rings (SSSR count). The van der Waals surface area contributed by atoms with Crippen LogP contribution >= 0.6 is 11.6 Å². The standard InChI is InChI=1S/C23H16ClNO3/c24-18-8-1-15(2-9-18)3-14-21-22(16-4-10-19(26)11-5-16)25-28-23(21)17-6-12-20(27)13-7-17/h1-14,26-27H/b14-3+. The van der Waals surface area contributed by atoms with E-state index in [9.17, 15) is 10.2 Å². The van der Waals surface area contributed by atoms with Crippen molar-refractivity contribution in [3.8, 4) is 34.1 Å². The molecule has 0 aliphatic rings. The lowest BCUT2D eigenvalue weighted by molar-refractivity contribution is 0.434. The Kier molecular flexibility index (Phi) is 4.87. The molecule has 138 valence electrons. The minimum Gasteiger partial charge on any atom is -0.508 e. The van der Waals surface area contributed by atoms with Crippen LogP contribution in [0.3, 0.4) is 0 Å². The lowest BCUT2D eigenvalue weighted by Crippen LogP contribution is -1.83. The fourth-order valence-electron chi connectivity index (χ4n) is 2.85. The molecule has 4 aromatic rings. The first-order valence-electron chi connectivity index (χ1n) is 8.62. The van der Waals surface area contributed by atoms with E-state index in [0.29, 0.717) is 16.5 Å². The molecule has 0 aliphatic carbocycles. The van der Waals surface area contributed by atoms with Crippen LogP contribution in [0.2, 0.25) is 5.02 Å². The summed E-state index contributed by atoms with van der Waals surface area (Å²) in [6.45, 7) is 0. The van der Waals surface area contributed by atoms with Crippen molar-refractivity contribution >= 4 is 23.8 Å². The lowest BCUT2D eigenvalue weighted by atomic mass is 10.0. The number of aromatic nitrogens is 1.